The Morgan fingerprint density at radius 3 is 1.41 bits per heavy atom. The summed E-state index contributed by atoms with van der Waals surface area (Å²) in [5.74, 6) is -40.0. The Hall–Kier alpha value is -3.33. The highest BCUT2D eigenvalue weighted by Gasteiger charge is 2.91. The van der Waals surface area contributed by atoms with Gasteiger partial charge in [0.2, 0.25) is 0 Å². The first-order chi connectivity index (χ1) is 17.7. The summed E-state index contributed by atoms with van der Waals surface area (Å²) in [7, 11) is 0.543. The Morgan fingerprint density at radius 1 is 0.667 bits per heavy atom. The number of esters is 1. The minimum Gasteiger partial charge on any atom is -0.469 e. The van der Waals surface area contributed by atoms with Crippen LogP contribution < -0.4 is 0 Å². The quantitative estimate of drug-likeness (QED) is 0.168. The predicted molar refractivity (Wildman–Crippen MR) is 110 cm³/mol. The van der Waals surface area contributed by atoms with Gasteiger partial charge in [-0.1, -0.05) is 60.7 Å². The third kappa shape index (κ3) is 5.55. The van der Waals surface area contributed by atoms with Gasteiger partial charge in [-0.15, -0.1) is 0 Å². The second-order valence-corrected chi connectivity index (χ2v) is 7.92. The van der Waals surface area contributed by atoms with Gasteiger partial charge in [0.05, 0.1) is 19.2 Å². The summed E-state index contributed by atoms with van der Waals surface area (Å²) >= 11 is 0. The van der Waals surface area contributed by atoms with Crippen LogP contribution in [0.25, 0.3) is 0 Å². The zero-order valence-corrected chi connectivity index (χ0v) is 19.2. The molecule has 1 unspecified atom stereocenters. The van der Waals surface area contributed by atoms with E-state index >= 15 is 8.78 Å². The first-order valence-corrected chi connectivity index (χ1v) is 10.4. The number of hydrogen-bond donors (Lipinski definition) is 0. The van der Waals surface area contributed by atoms with Crippen LogP contribution in [0.1, 0.15) is 17.5 Å². The van der Waals surface area contributed by atoms with Gasteiger partial charge in [0, 0.05) is 11.1 Å². The molecule has 0 saturated carbocycles. The summed E-state index contributed by atoms with van der Waals surface area (Å²) in [5, 5.41) is 0. The molecule has 0 aromatic heterocycles. The van der Waals surface area contributed by atoms with Crippen molar-refractivity contribution in [3.05, 3.63) is 71.8 Å². The summed E-state index contributed by atoms with van der Waals surface area (Å²) in [5.41, 5.74) is -0.951. The molecular weight excluding hydrogens is 569 g/mol. The lowest BCUT2D eigenvalue weighted by molar-refractivity contribution is -0.440. The number of rotatable bonds is 10. The number of hydrogen-bond acceptors (Lipinski definition) is 3. The van der Waals surface area contributed by atoms with E-state index in [0.717, 1.165) is 0 Å². The fraction of sp³-hybridized carbons (Fsp3) is 0.391. The Bertz CT molecular complexity index is 1120. The SMILES string of the molecule is COC(=O)CC(N=C(c1ccccc1)c1ccccc1)C(F)(F)C(F)(F)C(F)(F)C(F)(F)C(F)(F)C(F)(F)F. The lowest BCUT2D eigenvalue weighted by Gasteiger charge is -2.41. The molecule has 0 aliphatic rings. The van der Waals surface area contributed by atoms with Crippen LogP contribution >= 0.6 is 0 Å². The summed E-state index contributed by atoms with van der Waals surface area (Å²) in [6, 6.07) is 8.95. The Balaban J connectivity index is 2.80. The van der Waals surface area contributed by atoms with Crippen molar-refractivity contribution in [1.82, 2.24) is 0 Å². The fourth-order valence-electron chi connectivity index (χ4n) is 3.15. The molecule has 1 atom stereocenters. The molecule has 216 valence electrons. The van der Waals surface area contributed by atoms with Crippen molar-refractivity contribution in [1.29, 1.82) is 0 Å². The minimum absolute atomic E-state index is 0.140. The molecule has 0 N–H and O–H groups in total. The molecule has 0 radical (unpaired) electrons. The molecule has 0 heterocycles. The Morgan fingerprint density at radius 2 is 1.05 bits per heavy atom. The summed E-state index contributed by atoms with van der Waals surface area (Å²) < 4.78 is 183. The molecule has 0 amide bonds. The van der Waals surface area contributed by atoms with Crippen LogP contribution in [-0.2, 0) is 9.53 Å². The van der Waals surface area contributed by atoms with Crippen molar-refractivity contribution < 1.29 is 66.6 Å². The van der Waals surface area contributed by atoms with E-state index in [1.165, 1.54) is 60.7 Å². The zero-order chi connectivity index (χ0) is 30.1. The molecule has 0 fully saturated rings. The van der Waals surface area contributed by atoms with Crippen molar-refractivity contribution in [2.24, 2.45) is 4.99 Å². The van der Waals surface area contributed by atoms with E-state index in [1.807, 2.05) is 0 Å². The van der Waals surface area contributed by atoms with Crippen LogP contribution in [0.5, 0.6) is 0 Å². The first kappa shape index (κ1) is 31.9. The molecule has 0 aliphatic carbocycles. The fourth-order valence-corrected chi connectivity index (χ4v) is 3.15. The molecule has 2 rings (SSSR count). The van der Waals surface area contributed by atoms with Crippen molar-refractivity contribution in [3.63, 3.8) is 0 Å². The van der Waals surface area contributed by atoms with Crippen LogP contribution in [0.15, 0.2) is 65.7 Å². The predicted octanol–water partition coefficient (Wildman–Crippen LogP) is 7.19. The molecule has 3 nitrogen and oxygen atoms in total. The van der Waals surface area contributed by atoms with Crippen LogP contribution in [0.2, 0.25) is 0 Å². The first-order valence-electron chi connectivity index (χ1n) is 10.4. The third-order valence-corrected chi connectivity index (χ3v) is 5.34. The van der Waals surface area contributed by atoms with Crippen LogP contribution in [0.3, 0.4) is 0 Å². The van der Waals surface area contributed by atoms with Crippen LogP contribution in [0.4, 0.5) is 57.1 Å². The van der Waals surface area contributed by atoms with Gasteiger partial charge in [-0.25, -0.2) is 0 Å². The number of methoxy groups -OCH3 is 1. The Labute approximate surface area is 211 Å². The number of nitrogens with zero attached hydrogens (tertiary/aromatic N) is 1. The highest BCUT2D eigenvalue weighted by molar-refractivity contribution is 6.13. The summed E-state index contributed by atoms with van der Waals surface area (Å²) in [6.45, 7) is 0. The molecule has 0 bridgehead atoms. The van der Waals surface area contributed by atoms with Gasteiger partial charge in [0.1, 0.15) is 6.04 Å². The molecular formula is C23H16F13NO2. The standard InChI is InChI=1S/C23H16F13NO2/c1-39-16(38)12-15(37-17(13-8-4-2-5-9-13)14-10-6-3-7-11-14)18(24,25)19(26,27)20(28,29)21(30,31)22(32,33)23(34,35)36/h2-11,15H,12H2,1H3. The monoisotopic (exact) mass is 585 g/mol. The average molecular weight is 585 g/mol. The van der Waals surface area contributed by atoms with Crippen molar-refractivity contribution in [3.8, 4) is 0 Å². The average Bonchev–Trinajstić information content (AvgIpc) is 2.86. The van der Waals surface area contributed by atoms with Crippen molar-refractivity contribution in [2.75, 3.05) is 7.11 Å². The van der Waals surface area contributed by atoms with E-state index < -0.39 is 59.9 Å². The topological polar surface area (TPSA) is 38.7 Å². The number of aliphatic imine (C=N–C) groups is 1. The molecule has 2 aromatic carbocycles. The normalized spacial score (nSPS) is 14.5. The van der Waals surface area contributed by atoms with Gasteiger partial charge in [-0.2, -0.15) is 57.1 Å². The van der Waals surface area contributed by atoms with Crippen LogP contribution in [-0.4, -0.2) is 60.6 Å². The number of benzene rings is 2. The molecule has 0 spiro atoms. The highest BCUT2D eigenvalue weighted by atomic mass is 19.4. The smallest absolute Gasteiger partial charge is 0.460 e. The van der Waals surface area contributed by atoms with Crippen molar-refractivity contribution >= 4 is 11.7 Å². The van der Waals surface area contributed by atoms with Gasteiger partial charge in [0.15, 0.2) is 0 Å². The highest BCUT2D eigenvalue weighted by Crippen LogP contribution is 2.61. The van der Waals surface area contributed by atoms with Crippen molar-refractivity contribution in [2.45, 2.75) is 48.3 Å². The number of ether oxygens (including phenoxy) is 1. The maximum absolute atomic E-state index is 15.1. The van der Waals surface area contributed by atoms with Gasteiger partial charge in [-0.05, 0) is 0 Å². The van der Waals surface area contributed by atoms with E-state index in [1.54, 1.807) is 0 Å². The number of carbonyl (C=O) groups is 1. The second kappa shape index (κ2) is 10.7. The lowest BCUT2D eigenvalue weighted by atomic mass is 9.89. The van der Waals surface area contributed by atoms with E-state index in [2.05, 4.69) is 9.73 Å². The maximum atomic E-state index is 15.1. The molecule has 39 heavy (non-hydrogen) atoms. The lowest BCUT2D eigenvalue weighted by Crippen LogP contribution is -2.71. The number of halogens is 13. The maximum Gasteiger partial charge on any atom is 0.460 e. The summed E-state index contributed by atoms with van der Waals surface area (Å²) in [4.78, 5) is 15.0. The van der Waals surface area contributed by atoms with Gasteiger partial charge < -0.3 is 4.74 Å². The third-order valence-electron chi connectivity index (χ3n) is 5.34. The Kier molecular flexibility index (Phi) is 8.73. The number of carbonyl (C=O) groups excluding carboxylic acids is 1. The molecule has 16 heteroatoms. The zero-order valence-electron chi connectivity index (χ0n) is 19.2. The number of alkyl halides is 13. The molecule has 0 aliphatic heterocycles. The molecule has 0 saturated heterocycles. The summed E-state index contributed by atoms with van der Waals surface area (Å²) in [6.07, 6.45) is -9.54. The van der Waals surface area contributed by atoms with E-state index in [-0.39, 0.29) is 11.1 Å². The second-order valence-electron chi connectivity index (χ2n) is 7.92. The minimum atomic E-state index is -8.08. The van der Waals surface area contributed by atoms with Gasteiger partial charge in [-0.3, -0.25) is 9.79 Å². The molecule has 2 aromatic rings. The van der Waals surface area contributed by atoms with Gasteiger partial charge in [0.25, 0.3) is 0 Å². The van der Waals surface area contributed by atoms with E-state index in [4.69, 9.17) is 0 Å². The van der Waals surface area contributed by atoms with Gasteiger partial charge >= 0.3 is 41.8 Å². The van der Waals surface area contributed by atoms with E-state index in [9.17, 15) is 53.1 Å². The van der Waals surface area contributed by atoms with E-state index in [0.29, 0.717) is 7.11 Å². The largest absolute Gasteiger partial charge is 0.469 e. The van der Waals surface area contributed by atoms with Crippen LogP contribution in [0, 0.1) is 0 Å².